The number of aliphatic hydroxyl groups is 1. The van der Waals surface area contributed by atoms with Crippen molar-refractivity contribution in [2.24, 2.45) is 17.6 Å². The predicted molar refractivity (Wildman–Crippen MR) is 318 cm³/mol. The van der Waals surface area contributed by atoms with Gasteiger partial charge in [0.05, 0.1) is 6.10 Å². The molecular formula is C68H95NO5. The Balaban J connectivity index is 0.00000291. The number of hydrogen-bond donors (Lipinski definition) is 2. The molecule has 5 atom stereocenters. The largest absolute Gasteiger partial charge is 0.461 e. The van der Waals surface area contributed by atoms with Crippen LogP contribution in [-0.4, -0.2) is 41.9 Å². The van der Waals surface area contributed by atoms with Crippen molar-refractivity contribution < 1.29 is 24.2 Å². The number of Topliss-reactive ketones (excluding diaryl/α,β-unsaturated/α-hetero) is 1. The summed E-state index contributed by atoms with van der Waals surface area (Å²) in [6.45, 7) is 40.0. The van der Waals surface area contributed by atoms with Crippen molar-refractivity contribution in [1.29, 1.82) is 0 Å². The number of aliphatic hydroxyl groups excluding tert-OH is 1. The van der Waals surface area contributed by atoms with Crippen molar-refractivity contribution in [2.45, 2.75) is 171 Å². The number of benzene rings is 4. The number of carbonyl (C=O) groups is 3. The lowest BCUT2D eigenvalue weighted by Crippen LogP contribution is -2.28. The van der Waals surface area contributed by atoms with Crippen LogP contribution in [0.25, 0.3) is 0 Å². The zero-order valence-corrected chi connectivity index (χ0v) is 47.6. The SMILES string of the molecule is C#CC(CCc1ccc(C(c2ccc(CCC(N)COC(=O)C(=C)C)cc2)C(c2ccc(C)cc2)c2ccc(CCC(O)CCC(=O)C(=C)C)cc2)cc1)CC(=C)C.C=C(C)C.C=CC.CC=O.CCC(C)CC. The van der Waals surface area contributed by atoms with Crippen LogP contribution in [-0.2, 0) is 38.4 Å². The van der Waals surface area contributed by atoms with Crippen molar-refractivity contribution in [3.8, 4) is 12.3 Å². The second-order valence-corrected chi connectivity index (χ2v) is 20.0. The lowest BCUT2D eigenvalue weighted by molar-refractivity contribution is -0.139. The van der Waals surface area contributed by atoms with Crippen molar-refractivity contribution >= 4 is 18.0 Å². The number of carbonyl (C=O) groups excluding carboxylic acids is 3. The molecule has 0 bridgehead atoms. The summed E-state index contributed by atoms with van der Waals surface area (Å²) in [6.07, 6.45) is 16.7. The Morgan fingerprint density at radius 3 is 1.36 bits per heavy atom. The van der Waals surface area contributed by atoms with Crippen LogP contribution in [0, 0.1) is 31.1 Å². The standard InChI is InChI=1S/C53H63NO4.C6H14.C4H8.C3H6.C2H4O/c1-9-40(34-36(2)3)12-13-41-14-24-46(25-15-41)52(47-26-16-42(17-27-47)20-30-48(54)35-58-53(57)38(6)7)51(44-22-10-39(8)11-23-44)45-28-18-43(19-29-45)21-31-49(55)32-33-50(56)37(4)5;1-4-6(3)5-2;1-4(2)3;1-3-2;1-2-3/h1,10-11,14-19,22-29,40,48-49,51-52,55H,2,4,6,12-13,20-21,30-35,54H2,3,5,7-8H3;6H,4-5H2,1-3H3;1H2,2-3H3;3H,1H2,2H3;2H,1H3. The Hall–Kier alpha value is -6.13. The van der Waals surface area contributed by atoms with E-state index in [1.165, 1.54) is 64.3 Å². The van der Waals surface area contributed by atoms with Gasteiger partial charge in [0.2, 0.25) is 0 Å². The molecule has 0 aliphatic rings. The van der Waals surface area contributed by atoms with Crippen LogP contribution < -0.4 is 5.73 Å². The van der Waals surface area contributed by atoms with Gasteiger partial charge in [0.15, 0.2) is 5.78 Å². The van der Waals surface area contributed by atoms with E-state index in [9.17, 15) is 14.7 Å². The Labute approximate surface area is 450 Å². The molecule has 0 heterocycles. The number of hydrogen-bond acceptors (Lipinski definition) is 6. The van der Waals surface area contributed by atoms with E-state index < -0.39 is 12.1 Å². The summed E-state index contributed by atoms with van der Waals surface area (Å²) in [4.78, 5) is 32.7. The zero-order valence-electron chi connectivity index (χ0n) is 47.6. The Kier molecular flexibility index (Phi) is 36.1. The van der Waals surface area contributed by atoms with Gasteiger partial charge in [-0.15, -0.1) is 32.1 Å². The molecule has 0 radical (unpaired) electrons. The van der Waals surface area contributed by atoms with Gasteiger partial charge < -0.3 is 20.4 Å². The maximum atomic E-state index is 12.0. The number of aryl methyl sites for hydroxylation is 4. The number of ether oxygens (including phenoxy) is 1. The summed E-state index contributed by atoms with van der Waals surface area (Å²) in [5.74, 6) is 3.65. The molecule has 4 aromatic carbocycles. The summed E-state index contributed by atoms with van der Waals surface area (Å²) in [7, 11) is 0. The first kappa shape index (κ1) is 67.9. The van der Waals surface area contributed by atoms with E-state index in [-0.39, 0.29) is 36.2 Å². The second kappa shape index (κ2) is 39.3. The normalized spacial score (nSPS) is 12.2. The van der Waals surface area contributed by atoms with Crippen molar-refractivity contribution in [1.82, 2.24) is 0 Å². The highest BCUT2D eigenvalue weighted by atomic mass is 16.5. The highest BCUT2D eigenvalue weighted by Gasteiger charge is 2.29. The molecule has 0 fully saturated rings. The van der Waals surface area contributed by atoms with E-state index in [1.807, 2.05) is 27.7 Å². The number of rotatable bonds is 25. The molecule has 0 aromatic heterocycles. The van der Waals surface area contributed by atoms with Gasteiger partial charge in [-0.3, -0.25) is 4.79 Å². The number of esters is 1. The van der Waals surface area contributed by atoms with Gasteiger partial charge in [-0.1, -0.05) is 167 Å². The summed E-state index contributed by atoms with van der Waals surface area (Å²) in [5, 5.41) is 10.6. The minimum Gasteiger partial charge on any atom is -0.461 e. The molecule has 4 rings (SSSR count). The molecule has 0 amide bonds. The lowest BCUT2D eigenvalue weighted by atomic mass is 9.73. The van der Waals surface area contributed by atoms with Crippen LogP contribution in [0.4, 0.5) is 0 Å². The molecule has 0 spiro atoms. The van der Waals surface area contributed by atoms with Crippen molar-refractivity contribution in [3.63, 3.8) is 0 Å². The monoisotopic (exact) mass is 1010 g/mol. The third-order valence-corrected chi connectivity index (χ3v) is 12.3. The molecule has 4 aromatic rings. The molecule has 74 heavy (non-hydrogen) atoms. The first-order valence-corrected chi connectivity index (χ1v) is 26.6. The third kappa shape index (κ3) is 29.5. The number of ketones is 1. The Morgan fingerprint density at radius 1 is 0.676 bits per heavy atom. The number of nitrogens with two attached hydrogens (primary N) is 1. The highest BCUT2D eigenvalue weighted by molar-refractivity contribution is 5.94. The first-order chi connectivity index (χ1) is 35.1. The van der Waals surface area contributed by atoms with Crippen LogP contribution >= 0.6 is 0 Å². The zero-order chi connectivity index (χ0) is 56.2. The number of allylic oxidation sites excluding steroid dienone is 4. The van der Waals surface area contributed by atoms with Crippen LogP contribution in [0.3, 0.4) is 0 Å². The summed E-state index contributed by atoms with van der Waals surface area (Å²) >= 11 is 0. The van der Waals surface area contributed by atoms with E-state index >= 15 is 0 Å². The predicted octanol–water partition coefficient (Wildman–Crippen LogP) is 16.1. The average Bonchev–Trinajstić information content (AvgIpc) is 3.37. The van der Waals surface area contributed by atoms with E-state index in [2.05, 4.69) is 164 Å². The van der Waals surface area contributed by atoms with Crippen LogP contribution in [0.2, 0.25) is 0 Å². The van der Waals surface area contributed by atoms with Gasteiger partial charge in [0, 0.05) is 35.8 Å². The molecule has 5 unspecified atom stereocenters. The summed E-state index contributed by atoms with van der Waals surface area (Å²) in [6, 6.07) is 35.3. The fraction of sp³-hybridized carbons (Fsp3) is 0.426. The fourth-order valence-electron chi connectivity index (χ4n) is 7.63. The molecule has 6 nitrogen and oxygen atoms in total. The minimum atomic E-state index is -0.544. The molecule has 3 N–H and O–H groups in total. The Morgan fingerprint density at radius 2 is 1.04 bits per heavy atom. The molecular weight excluding hydrogens is 911 g/mol. The highest BCUT2D eigenvalue weighted by Crippen LogP contribution is 2.43. The second-order valence-electron chi connectivity index (χ2n) is 20.0. The topological polar surface area (TPSA) is 107 Å². The minimum absolute atomic E-state index is 0.00269. The molecule has 402 valence electrons. The van der Waals surface area contributed by atoms with E-state index in [0.29, 0.717) is 36.8 Å². The van der Waals surface area contributed by atoms with Crippen molar-refractivity contribution in [3.05, 3.63) is 203 Å². The molecule has 0 aliphatic carbocycles. The van der Waals surface area contributed by atoms with Crippen LogP contribution in [0.5, 0.6) is 0 Å². The third-order valence-electron chi connectivity index (χ3n) is 12.3. The van der Waals surface area contributed by atoms with Crippen LogP contribution in [0.15, 0.2) is 158 Å². The van der Waals surface area contributed by atoms with E-state index in [4.69, 9.17) is 21.7 Å². The van der Waals surface area contributed by atoms with E-state index in [1.54, 1.807) is 19.9 Å². The van der Waals surface area contributed by atoms with Gasteiger partial charge in [-0.25, -0.2) is 4.79 Å². The Bertz CT molecular complexity index is 2300. The van der Waals surface area contributed by atoms with Gasteiger partial charge >= 0.3 is 5.97 Å². The van der Waals surface area contributed by atoms with Gasteiger partial charge in [0.25, 0.3) is 0 Å². The molecule has 0 saturated heterocycles. The first-order valence-electron chi connectivity index (χ1n) is 26.6. The molecule has 0 aliphatic heterocycles. The quantitative estimate of drug-likeness (QED) is 0.0225. The van der Waals surface area contributed by atoms with E-state index in [0.717, 1.165) is 55.4 Å². The lowest BCUT2D eigenvalue weighted by Gasteiger charge is -2.30. The maximum Gasteiger partial charge on any atom is 0.333 e. The summed E-state index contributed by atoms with van der Waals surface area (Å²) in [5.41, 5.74) is 19.1. The molecule has 6 heteroatoms. The van der Waals surface area contributed by atoms with Crippen molar-refractivity contribution in [2.75, 3.05) is 6.61 Å². The van der Waals surface area contributed by atoms with Gasteiger partial charge in [0.1, 0.15) is 12.9 Å². The smallest absolute Gasteiger partial charge is 0.333 e. The molecule has 0 saturated carbocycles. The van der Waals surface area contributed by atoms with Gasteiger partial charge in [-0.05, 0) is 157 Å². The van der Waals surface area contributed by atoms with Gasteiger partial charge in [-0.2, -0.15) is 0 Å². The average molecular weight is 1010 g/mol. The maximum absolute atomic E-state index is 12.0. The van der Waals surface area contributed by atoms with Crippen LogP contribution in [0.1, 0.15) is 177 Å². The summed E-state index contributed by atoms with van der Waals surface area (Å²) < 4.78 is 5.28. The number of terminal acetylenes is 1. The fourth-order valence-corrected chi connectivity index (χ4v) is 7.63. The number of aldehydes is 1.